The number of hydrogen-bond acceptors (Lipinski definition) is 5. The van der Waals surface area contributed by atoms with Gasteiger partial charge in [-0.2, -0.15) is 0 Å². The average molecular weight is 364 g/mol. The van der Waals surface area contributed by atoms with Gasteiger partial charge in [0.1, 0.15) is 11.4 Å². The van der Waals surface area contributed by atoms with Crippen molar-refractivity contribution in [2.24, 2.45) is 5.73 Å². The lowest BCUT2D eigenvalue weighted by molar-refractivity contribution is -0.384. The zero-order valence-corrected chi connectivity index (χ0v) is 13.9. The highest BCUT2D eigenvalue weighted by molar-refractivity contribution is 6.31. The third-order valence-electron chi connectivity index (χ3n) is 3.19. The maximum atomic E-state index is 12.0. The summed E-state index contributed by atoms with van der Waals surface area (Å²) in [6, 6.07) is 8.62. The molecule has 3 N–H and O–H groups in total. The molecule has 2 rings (SSSR count). The van der Waals surface area contributed by atoms with Gasteiger partial charge in [0, 0.05) is 11.1 Å². The number of nitro groups is 1. The number of halogens is 1. The number of nitrogens with two attached hydrogens (primary N) is 1. The number of benzene rings is 2. The number of carbonyl (C=O) groups is 2. The van der Waals surface area contributed by atoms with Gasteiger partial charge in [0.25, 0.3) is 17.5 Å². The van der Waals surface area contributed by atoms with Crippen molar-refractivity contribution in [1.29, 1.82) is 0 Å². The number of primary amides is 1. The number of carbonyl (C=O) groups excluding carboxylic acids is 2. The summed E-state index contributed by atoms with van der Waals surface area (Å²) in [5.74, 6) is -1.30. The largest absolute Gasteiger partial charge is 0.483 e. The highest BCUT2D eigenvalue weighted by Gasteiger charge is 2.17. The normalized spacial score (nSPS) is 10.2. The molecule has 0 aliphatic rings. The highest BCUT2D eigenvalue weighted by atomic mass is 35.5. The predicted octanol–water partition coefficient (Wildman–Crippen LogP) is 2.67. The third kappa shape index (κ3) is 4.67. The highest BCUT2D eigenvalue weighted by Crippen LogP contribution is 2.26. The lowest BCUT2D eigenvalue weighted by Gasteiger charge is -2.10. The van der Waals surface area contributed by atoms with E-state index in [1.165, 1.54) is 30.3 Å². The number of rotatable bonds is 6. The Morgan fingerprint density at radius 1 is 1.28 bits per heavy atom. The average Bonchev–Trinajstić information content (AvgIpc) is 2.55. The molecule has 2 aromatic carbocycles. The lowest BCUT2D eigenvalue weighted by Crippen LogP contribution is -2.22. The molecule has 130 valence electrons. The Balaban J connectivity index is 2.10. The van der Waals surface area contributed by atoms with Crippen LogP contribution in [0, 0.1) is 17.0 Å². The number of ether oxygens (including phenoxy) is 1. The Labute approximate surface area is 147 Å². The summed E-state index contributed by atoms with van der Waals surface area (Å²) in [6.45, 7) is 1.24. The fraction of sp³-hybridized carbons (Fsp3) is 0.125. The van der Waals surface area contributed by atoms with Crippen molar-refractivity contribution in [3.8, 4) is 5.75 Å². The maximum absolute atomic E-state index is 12.0. The van der Waals surface area contributed by atoms with Crippen molar-refractivity contribution in [3.05, 3.63) is 62.7 Å². The van der Waals surface area contributed by atoms with E-state index in [1.807, 2.05) is 0 Å². The van der Waals surface area contributed by atoms with Crippen LogP contribution in [0.3, 0.4) is 0 Å². The van der Waals surface area contributed by atoms with E-state index in [0.717, 1.165) is 0 Å². The molecule has 0 radical (unpaired) electrons. The van der Waals surface area contributed by atoms with Crippen LogP contribution in [-0.4, -0.2) is 23.3 Å². The molecule has 2 aromatic rings. The SMILES string of the molecule is Cc1ccc(NC(=O)COc2ccc(Cl)cc2C(N)=O)c([N+](=O)[O-])c1. The first kappa shape index (κ1) is 18.2. The molecule has 0 aromatic heterocycles. The molecule has 0 aliphatic carbocycles. The van der Waals surface area contributed by atoms with Crippen molar-refractivity contribution in [2.45, 2.75) is 6.92 Å². The molecule has 25 heavy (non-hydrogen) atoms. The summed E-state index contributed by atoms with van der Waals surface area (Å²) >= 11 is 5.78. The summed E-state index contributed by atoms with van der Waals surface area (Å²) in [5.41, 5.74) is 5.77. The fourth-order valence-corrected chi connectivity index (χ4v) is 2.22. The third-order valence-corrected chi connectivity index (χ3v) is 3.42. The predicted molar refractivity (Wildman–Crippen MR) is 91.9 cm³/mol. The molecule has 0 atom stereocenters. The Hall–Kier alpha value is -3.13. The summed E-state index contributed by atoms with van der Waals surface area (Å²) in [6.07, 6.45) is 0. The molecule has 8 nitrogen and oxygen atoms in total. The standard InChI is InChI=1S/C16H14ClN3O5/c1-9-2-4-12(13(6-9)20(23)24)19-15(21)8-25-14-5-3-10(17)7-11(14)16(18)22/h2-7H,8H2,1H3,(H2,18,22)(H,19,21). The van der Waals surface area contributed by atoms with Gasteiger partial charge in [0.05, 0.1) is 10.5 Å². The van der Waals surface area contributed by atoms with Crippen molar-refractivity contribution in [2.75, 3.05) is 11.9 Å². The topological polar surface area (TPSA) is 125 Å². The number of hydrogen-bond donors (Lipinski definition) is 2. The quantitative estimate of drug-likeness (QED) is 0.603. The number of aryl methyl sites for hydroxylation is 1. The van der Waals surface area contributed by atoms with Crippen molar-refractivity contribution in [3.63, 3.8) is 0 Å². The molecule has 9 heteroatoms. The fourth-order valence-electron chi connectivity index (χ4n) is 2.05. The van der Waals surface area contributed by atoms with Crippen LogP contribution in [0.15, 0.2) is 36.4 Å². The van der Waals surface area contributed by atoms with E-state index in [2.05, 4.69) is 5.32 Å². The van der Waals surface area contributed by atoms with Gasteiger partial charge in [-0.15, -0.1) is 0 Å². The molecule has 0 fully saturated rings. The molecule has 0 aliphatic heterocycles. The molecule has 2 amide bonds. The van der Waals surface area contributed by atoms with Crippen molar-refractivity contribution >= 4 is 34.8 Å². The van der Waals surface area contributed by atoms with Crippen molar-refractivity contribution in [1.82, 2.24) is 0 Å². The van der Waals surface area contributed by atoms with Gasteiger partial charge in [0.2, 0.25) is 0 Å². The zero-order chi connectivity index (χ0) is 18.6. The second kappa shape index (κ2) is 7.63. The molecular weight excluding hydrogens is 350 g/mol. The van der Waals surface area contributed by atoms with E-state index in [0.29, 0.717) is 10.6 Å². The van der Waals surface area contributed by atoms with Crippen LogP contribution in [0.5, 0.6) is 5.75 Å². The minimum Gasteiger partial charge on any atom is -0.483 e. The minimum absolute atomic E-state index is 0.0293. The van der Waals surface area contributed by atoms with Crippen LogP contribution in [0.2, 0.25) is 5.02 Å². The summed E-state index contributed by atoms with van der Waals surface area (Å²) in [5, 5.41) is 13.7. The summed E-state index contributed by atoms with van der Waals surface area (Å²) in [7, 11) is 0. The Morgan fingerprint density at radius 3 is 2.64 bits per heavy atom. The number of nitrogens with zero attached hydrogens (tertiary/aromatic N) is 1. The van der Waals surface area contributed by atoms with Gasteiger partial charge >= 0.3 is 0 Å². The van der Waals surface area contributed by atoms with Gasteiger partial charge in [0.15, 0.2) is 6.61 Å². The van der Waals surface area contributed by atoms with Crippen molar-refractivity contribution < 1.29 is 19.2 Å². The van der Waals surface area contributed by atoms with Crippen LogP contribution in [0.4, 0.5) is 11.4 Å². The van der Waals surface area contributed by atoms with Gasteiger partial charge < -0.3 is 15.8 Å². The van der Waals surface area contributed by atoms with Crippen LogP contribution >= 0.6 is 11.6 Å². The summed E-state index contributed by atoms with van der Waals surface area (Å²) in [4.78, 5) is 33.8. The second-order valence-corrected chi connectivity index (χ2v) is 5.56. The molecular formula is C16H14ClN3O5. The van der Waals surface area contributed by atoms with E-state index in [9.17, 15) is 19.7 Å². The number of nitrogens with one attached hydrogen (secondary N) is 1. The monoisotopic (exact) mass is 363 g/mol. The zero-order valence-electron chi connectivity index (χ0n) is 13.1. The van der Waals surface area contributed by atoms with Gasteiger partial charge in [-0.1, -0.05) is 17.7 Å². The van der Waals surface area contributed by atoms with E-state index >= 15 is 0 Å². The van der Waals surface area contributed by atoms with Gasteiger partial charge in [-0.05, 0) is 36.8 Å². The van der Waals surface area contributed by atoms with Crippen LogP contribution < -0.4 is 15.8 Å². The summed E-state index contributed by atoms with van der Waals surface area (Å²) < 4.78 is 5.27. The van der Waals surface area contributed by atoms with Crippen LogP contribution in [-0.2, 0) is 4.79 Å². The first-order chi connectivity index (χ1) is 11.8. The van der Waals surface area contributed by atoms with E-state index in [4.69, 9.17) is 22.1 Å². The molecule has 0 bridgehead atoms. The Kier molecular flexibility index (Phi) is 5.56. The van der Waals surface area contributed by atoms with E-state index in [1.54, 1.807) is 13.0 Å². The molecule has 0 spiro atoms. The number of nitro benzene ring substituents is 1. The number of anilines is 1. The molecule has 0 unspecified atom stereocenters. The van der Waals surface area contributed by atoms with E-state index in [-0.39, 0.29) is 22.7 Å². The van der Waals surface area contributed by atoms with Gasteiger partial charge in [-0.3, -0.25) is 19.7 Å². The second-order valence-electron chi connectivity index (χ2n) is 5.12. The van der Waals surface area contributed by atoms with Crippen LogP contribution in [0.25, 0.3) is 0 Å². The number of amides is 2. The maximum Gasteiger partial charge on any atom is 0.293 e. The van der Waals surface area contributed by atoms with E-state index < -0.39 is 23.3 Å². The Bertz CT molecular complexity index is 854. The molecule has 0 saturated carbocycles. The van der Waals surface area contributed by atoms with Gasteiger partial charge in [-0.25, -0.2) is 0 Å². The lowest BCUT2D eigenvalue weighted by atomic mass is 10.2. The van der Waals surface area contributed by atoms with Crippen LogP contribution in [0.1, 0.15) is 15.9 Å². The molecule has 0 heterocycles. The Morgan fingerprint density at radius 2 is 2.00 bits per heavy atom. The first-order valence-electron chi connectivity index (χ1n) is 7.05. The molecule has 0 saturated heterocycles. The minimum atomic E-state index is -0.757. The first-order valence-corrected chi connectivity index (χ1v) is 7.43. The smallest absolute Gasteiger partial charge is 0.293 e.